The average Bonchev–Trinajstić information content (AvgIpc) is 3.18. The van der Waals surface area contributed by atoms with Crippen molar-refractivity contribution in [3.8, 4) is 11.3 Å². The SMILES string of the molecule is O=C(NCCn1ccc(-c2ccsc2)n1)Nc1cccc(Cl)c1. The molecular weight excluding hydrogens is 332 g/mol. The molecule has 2 heterocycles. The van der Waals surface area contributed by atoms with Crippen molar-refractivity contribution in [3.05, 3.63) is 58.4 Å². The zero-order valence-corrected chi connectivity index (χ0v) is 13.8. The lowest BCUT2D eigenvalue weighted by Gasteiger charge is -2.08. The summed E-state index contributed by atoms with van der Waals surface area (Å²) in [7, 11) is 0. The quantitative estimate of drug-likeness (QED) is 0.731. The van der Waals surface area contributed by atoms with Crippen molar-refractivity contribution in [1.29, 1.82) is 0 Å². The summed E-state index contributed by atoms with van der Waals surface area (Å²) in [5.41, 5.74) is 2.71. The predicted octanol–water partition coefficient (Wildman–Crippen LogP) is 4.09. The van der Waals surface area contributed by atoms with Gasteiger partial charge in [0.1, 0.15) is 0 Å². The molecule has 0 saturated carbocycles. The van der Waals surface area contributed by atoms with Crippen LogP contribution in [-0.2, 0) is 6.54 Å². The molecule has 0 saturated heterocycles. The summed E-state index contributed by atoms with van der Waals surface area (Å²) in [5, 5.41) is 14.7. The second kappa shape index (κ2) is 7.30. The monoisotopic (exact) mass is 346 g/mol. The molecule has 0 aliphatic carbocycles. The minimum atomic E-state index is -0.266. The molecule has 3 aromatic rings. The molecule has 2 aromatic heterocycles. The highest BCUT2D eigenvalue weighted by Crippen LogP contribution is 2.19. The first-order valence-corrected chi connectivity index (χ1v) is 8.39. The molecule has 0 aliphatic rings. The fraction of sp³-hybridized carbons (Fsp3) is 0.125. The van der Waals surface area contributed by atoms with Crippen LogP contribution >= 0.6 is 22.9 Å². The molecule has 23 heavy (non-hydrogen) atoms. The van der Waals surface area contributed by atoms with Gasteiger partial charge in [0.25, 0.3) is 0 Å². The number of urea groups is 1. The zero-order valence-electron chi connectivity index (χ0n) is 12.2. The van der Waals surface area contributed by atoms with E-state index < -0.39 is 0 Å². The van der Waals surface area contributed by atoms with E-state index >= 15 is 0 Å². The van der Waals surface area contributed by atoms with Crippen LogP contribution in [0.3, 0.4) is 0 Å². The molecule has 0 atom stereocenters. The van der Waals surface area contributed by atoms with Crippen molar-refractivity contribution >= 4 is 34.7 Å². The highest BCUT2D eigenvalue weighted by Gasteiger charge is 2.04. The Morgan fingerprint density at radius 2 is 2.22 bits per heavy atom. The van der Waals surface area contributed by atoms with Crippen molar-refractivity contribution in [2.75, 3.05) is 11.9 Å². The molecule has 0 bridgehead atoms. The van der Waals surface area contributed by atoms with Gasteiger partial charge in [-0.05, 0) is 35.7 Å². The van der Waals surface area contributed by atoms with Gasteiger partial charge in [-0.25, -0.2) is 4.79 Å². The summed E-state index contributed by atoms with van der Waals surface area (Å²) in [6, 6.07) is 10.8. The fourth-order valence-electron chi connectivity index (χ4n) is 2.08. The third-order valence-electron chi connectivity index (χ3n) is 3.17. The summed E-state index contributed by atoms with van der Waals surface area (Å²) >= 11 is 7.52. The van der Waals surface area contributed by atoms with E-state index in [1.165, 1.54) is 0 Å². The fourth-order valence-corrected chi connectivity index (χ4v) is 2.92. The Hall–Kier alpha value is -2.31. The van der Waals surface area contributed by atoms with Crippen LogP contribution in [0.4, 0.5) is 10.5 Å². The van der Waals surface area contributed by atoms with E-state index in [9.17, 15) is 4.79 Å². The molecule has 7 heteroatoms. The maximum absolute atomic E-state index is 11.8. The van der Waals surface area contributed by atoms with Gasteiger partial charge in [-0.3, -0.25) is 4.68 Å². The van der Waals surface area contributed by atoms with Gasteiger partial charge < -0.3 is 10.6 Å². The maximum atomic E-state index is 11.8. The van der Waals surface area contributed by atoms with Crippen LogP contribution in [0.2, 0.25) is 5.02 Å². The Kier molecular flexibility index (Phi) is 4.95. The lowest BCUT2D eigenvalue weighted by molar-refractivity contribution is 0.251. The van der Waals surface area contributed by atoms with Gasteiger partial charge in [0.15, 0.2) is 0 Å². The van der Waals surface area contributed by atoms with Crippen molar-refractivity contribution in [1.82, 2.24) is 15.1 Å². The number of rotatable bonds is 5. The Bertz CT molecular complexity index is 785. The van der Waals surface area contributed by atoms with Gasteiger partial charge in [0.2, 0.25) is 0 Å². The molecule has 0 fully saturated rings. The Morgan fingerprint density at radius 1 is 1.30 bits per heavy atom. The molecule has 0 radical (unpaired) electrons. The van der Waals surface area contributed by atoms with Crippen LogP contribution in [0, 0.1) is 0 Å². The molecule has 0 spiro atoms. The second-order valence-electron chi connectivity index (χ2n) is 4.87. The first-order valence-electron chi connectivity index (χ1n) is 7.07. The number of anilines is 1. The summed E-state index contributed by atoms with van der Waals surface area (Å²) in [4.78, 5) is 11.8. The first-order chi connectivity index (χ1) is 11.2. The first kappa shape index (κ1) is 15.6. The van der Waals surface area contributed by atoms with Gasteiger partial charge in [0.05, 0.1) is 12.2 Å². The predicted molar refractivity (Wildman–Crippen MR) is 94.0 cm³/mol. The van der Waals surface area contributed by atoms with E-state index in [0.29, 0.717) is 23.8 Å². The number of amides is 2. The number of carbonyl (C=O) groups excluding carboxylic acids is 1. The van der Waals surface area contributed by atoms with Crippen molar-refractivity contribution in [2.45, 2.75) is 6.54 Å². The van der Waals surface area contributed by atoms with Gasteiger partial charge in [-0.15, -0.1) is 0 Å². The molecule has 5 nitrogen and oxygen atoms in total. The Morgan fingerprint density at radius 3 is 3.00 bits per heavy atom. The van der Waals surface area contributed by atoms with Crippen molar-refractivity contribution < 1.29 is 4.79 Å². The smallest absolute Gasteiger partial charge is 0.319 e. The minimum Gasteiger partial charge on any atom is -0.336 e. The molecule has 2 amide bonds. The van der Waals surface area contributed by atoms with E-state index in [4.69, 9.17) is 11.6 Å². The van der Waals surface area contributed by atoms with Gasteiger partial charge >= 0.3 is 6.03 Å². The van der Waals surface area contributed by atoms with E-state index in [2.05, 4.69) is 21.1 Å². The standard InChI is InChI=1S/C16H15ClN4OS/c17-13-2-1-3-14(10-13)19-16(22)18-6-8-21-7-4-15(20-21)12-5-9-23-11-12/h1-5,7,9-11H,6,8H2,(H2,18,19,22). The van der Waals surface area contributed by atoms with Crippen LogP contribution in [-0.4, -0.2) is 22.4 Å². The molecular formula is C16H15ClN4OS. The summed E-state index contributed by atoms with van der Waals surface area (Å²) < 4.78 is 1.81. The number of nitrogens with zero attached hydrogens (tertiary/aromatic N) is 2. The number of benzene rings is 1. The largest absolute Gasteiger partial charge is 0.336 e. The molecule has 0 unspecified atom stereocenters. The van der Waals surface area contributed by atoms with Crippen molar-refractivity contribution in [3.63, 3.8) is 0 Å². The van der Waals surface area contributed by atoms with Crippen LogP contribution < -0.4 is 10.6 Å². The van der Waals surface area contributed by atoms with Crippen molar-refractivity contribution in [2.24, 2.45) is 0 Å². The number of hydrogen-bond acceptors (Lipinski definition) is 3. The molecule has 3 rings (SSSR count). The highest BCUT2D eigenvalue weighted by molar-refractivity contribution is 7.08. The van der Waals surface area contributed by atoms with Gasteiger partial charge in [-0.1, -0.05) is 17.7 Å². The maximum Gasteiger partial charge on any atom is 0.319 e. The lowest BCUT2D eigenvalue weighted by Crippen LogP contribution is -2.31. The zero-order chi connectivity index (χ0) is 16.1. The number of nitrogens with one attached hydrogen (secondary N) is 2. The molecule has 1 aromatic carbocycles. The Labute approximate surface area is 142 Å². The van der Waals surface area contributed by atoms with Crippen LogP contribution in [0.5, 0.6) is 0 Å². The van der Waals surface area contributed by atoms with Crippen LogP contribution in [0.25, 0.3) is 11.3 Å². The third-order valence-corrected chi connectivity index (χ3v) is 4.08. The number of hydrogen-bond donors (Lipinski definition) is 2. The van der Waals surface area contributed by atoms with E-state index in [1.54, 1.807) is 35.6 Å². The third kappa shape index (κ3) is 4.34. The number of aromatic nitrogens is 2. The van der Waals surface area contributed by atoms with E-state index in [0.717, 1.165) is 11.3 Å². The second-order valence-corrected chi connectivity index (χ2v) is 6.08. The lowest BCUT2D eigenvalue weighted by atomic mass is 10.2. The van der Waals surface area contributed by atoms with Gasteiger partial charge in [-0.2, -0.15) is 16.4 Å². The van der Waals surface area contributed by atoms with E-state index in [-0.39, 0.29) is 6.03 Å². The molecule has 0 aliphatic heterocycles. The number of thiophene rings is 1. The number of halogens is 1. The summed E-state index contributed by atoms with van der Waals surface area (Å²) in [6.07, 6.45) is 1.91. The molecule has 118 valence electrons. The summed E-state index contributed by atoms with van der Waals surface area (Å²) in [5.74, 6) is 0. The van der Waals surface area contributed by atoms with Crippen LogP contribution in [0.15, 0.2) is 53.4 Å². The topological polar surface area (TPSA) is 59.0 Å². The normalized spacial score (nSPS) is 10.5. The average molecular weight is 347 g/mol. The molecule has 2 N–H and O–H groups in total. The summed E-state index contributed by atoms with van der Waals surface area (Å²) in [6.45, 7) is 1.09. The minimum absolute atomic E-state index is 0.266. The van der Waals surface area contributed by atoms with Crippen LogP contribution in [0.1, 0.15) is 0 Å². The van der Waals surface area contributed by atoms with E-state index in [1.807, 2.05) is 28.4 Å². The highest BCUT2D eigenvalue weighted by atomic mass is 35.5. The van der Waals surface area contributed by atoms with Gasteiger partial charge in [0, 0.05) is 34.4 Å². The number of carbonyl (C=O) groups is 1. The Balaban J connectivity index is 1.47.